The molecular formula is C12H11N3O4. The topological polar surface area (TPSA) is 112 Å². The molecule has 19 heavy (non-hydrogen) atoms. The quantitative estimate of drug-likeness (QED) is 0.641. The van der Waals surface area contributed by atoms with Crippen LogP contribution in [0.3, 0.4) is 0 Å². The Morgan fingerprint density at radius 3 is 2.79 bits per heavy atom. The van der Waals surface area contributed by atoms with Gasteiger partial charge in [-0.25, -0.2) is 0 Å². The number of ether oxygens (including phenoxy) is 1. The monoisotopic (exact) mass is 261 g/mol. The normalized spacial score (nSPS) is 10.2. The first-order valence-electron chi connectivity index (χ1n) is 5.38. The van der Waals surface area contributed by atoms with Gasteiger partial charge < -0.3 is 15.6 Å². The van der Waals surface area contributed by atoms with Gasteiger partial charge in [0.25, 0.3) is 0 Å². The molecule has 0 bridgehead atoms. The van der Waals surface area contributed by atoms with E-state index < -0.39 is 4.92 Å². The van der Waals surface area contributed by atoms with Gasteiger partial charge in [0.1, 0.15) is 5.75 Å². The van der Waals surface area contributed by atoms with Crippen molar-refractivity contribution in [3.05, 3.63) is 52.1 Å². The lowest BCUT2D eigenvalue weighted by Crippen LogP contribution is -1.99. The SMILES string of the molecule is Nc1nc(Oc2cccc(CO)c2)ccc1[N+](=O)[O-]. The van der Waals surface area contributed by atoms with E-state index >= 15 is 0 Å². The summed E-state index contributed by atoms with van der Waals surface area (Å²) in [5.41, 5.74) is 5.88. The molecule has 1 heterocycles. The van der Waals surface area contributed by atoms with Crippen LogP contribution in [0.5, 0.6) is 11.6 Å². The molecule has 0 aliphatic carbocycles. The molecule has 3 N–H and O–H groups in total. The number of aliphatic hydroxyl groups excluding tert-OH is 1. The summed E-state index contributed by atoms with van der Waals surface area (Å²) in [5, 5.41) is 19.6. The summed E-state index contributed by atoms with van der Waals surface area (Å²) in [7, 11) is 0. The first-order valence-corrected chi connectivity index (χ1v) is 5.38. The molecule has 0 unspecified atom stereocenters. The molecule has 0 radical (unpaired) electrons. The Bertz CT molecular complexity index is 616. The predicted octanol–water partition coefficient (Wildman–Crippen LogP) is 1.86. The lowest BCUT2D eigenvalue weighted by atomic mass is 10.2. The Morgan fingerprint density at radius 2 is 2.16 bits per heavy atom. The second kappa shape index (κ2) is 5.32. The third-order valence-electron chi connectivity index (χ3n) is 2.38. The third kappa shape index (κ3) is 2.96. The van der Waals surface area contributed by atoms with Crippen LogP contribution in [0.1, 0.15) is 5.56 Å². The molecular weight excluding hydrogens is 250 g/mol. The summed E-state index contributed by atoms with van der Waals surface area (Å²) < 4.78 is 5.41. The number of hydrogen-bond donors (Lipinski definition) is 2. The van der Waals surface area contributed by atoms with Crippen LogP contribution in [0.2, 0.25) is 0 Å². The fraction of sp³-hybridized carbons (Fsp3) is 0.0833. The molecule has 2 aromatic rings. The van der Waals surface area contributed by atoms with Crippen molar-refractivity contribution >= 4 is 11.5 Å². The zero-order valence-corrected chi connectivity index (χ0v) is 9.81. The number of benzene rings is 1. The Hall–Kier alpha value is -2.67. The van der Waals surface area contributed by atoms with Gasteiger partial charge in [-0.2, -0.15) is 4.98 Å². The van der Waals surface area contributed by atoms with E-state index in [0.29, 0.717) is 11.3 Å². The number of nitro groups is 1. The zero-order chi connectivity index (χ0) is 13.8. The van der Waals surface area contributed by atoms with Crippen LogP contribution < -0.4 is 10.5 Å². The number of nitrogen functional groups attached to an aromatic ring is 1. The van der Waals surface area contributed by atoms with Gasteiger partial charge >= 0.3 is 5.69 Å². The van der Waals surface area contributed by atoms with E-state index in [1.165, 1.54) is 12.1 Å². The first-order chi connectivity index (χ1) is 9.10. The Labute approximate surface area is 108 Å². The van der Waals surface area contributed by atoms with Crippen molar-refractivity contribution in [2.75, 3.05) is 5.73 Å². The lowest BCUT2D eigenvalue weighted by molar-refractivity contribution is -0.384. The maximum Gasteiger partial charge on any atom is 0.311 e. The van der Waals surface area contributed by atoms with Crippen LogP contribution in [0.25, 0.3) is 0 Å². The predicted molar refractivity (Wildman–Crippen MR) is 67.7 cm³/mol. The van der Waals surface area contributed by atoms with Crippen LogP contribution in [0.15, 0.2) is 36.4 Å². The van der Waals surface area contributed by atoms with Crippen LogP contribution >= 0.6 is 0 Å². The molecule has 0 saturated carbocycles. The molecule has 98 valence electrons. The number of anilines is 1. The molecule has 0 atom stereocenters. The smallest absolute Gasteiger partial charge is 0.311 e. The minimum atomic E-state index is -0.613. The summed E-state index contributed by atoms with van der Waals surface area (Å²) in [6.07, 6.45) is 0. The number of pyridine rings is 1. The van der Waals surface area contributed by atoms with Crippen molar-refractivity contribution in [2.45, 2.75) is 6.61 Å². The average molecular weight is 261 g/mol. The van der Waals surface area contributed by atoms with E-state index in [1.807, 2.05) is 0 Å². The number of rotatable bonds is 4. The number of aromatic nitrogens is 1. The van der Waals surface area contributed by atoms with Crippen molar-refractivity contribution in [1.29, 1.82) is 0 Å². The molecule has 0 fully saturated rings. The molecule has 7 heteroatoms. The fourth-order valence-corrected chi connectivity index (χ4v) is 1.49. The van der Waals surface area contributed by atoms with E-state index in [-0.39, 0.29) is 24.0 Å². The number of nitrogens with two attached hydrogens (primary N) is 1. The Kier molecular flexibility index (Phi) is 3.58. The van der Waals surface area contributed by atoms with Gasteiger partial charge in [-0.3, -0.25) is 10.1 Å². The minimum absolute atomic E-state index is 0.104. The van der Waals surface area contributed by atoms with Gasteiger partial charge in [-0.05, 0) is 17.7 Å². The Morgan fingerprint density at radius 1 is 1.37 bits per heavy atom. The second-order valence-corrected chi connectivity index (χ2v) is 3.72. The summed E-state index contributed by atoms with van der Waals surface area (Å²) >= 11 is 0. The van der Waals surface area contributed by atoms with Gasteiger partial charge in [0, 0.05) is 12.1 Å². The highest BCUT2D eigenvalue weighted by molar-refractivity contribution is 5.53. The standard InChI is InChI=1S/C12H11N3O4/c13-12-10(15(17)18)4-5-11(14-12)19-9-3-1-2-8(6-9)7-16/h1-6,16H,7H2,(H2,13,14). The molecule has 0 aliphatic heterocycles. The van der Waals surface area contributed by atoms with Crippen molar-refractivity contribution in [2.24, 2.45) is 0 Å². The molecule has 0 amide bonds. The summed E-state index contributed by atoms with van der Waals surface area (Å²) in [6.45, 7) is -0.104. The minimum Gasteiger partial charge on any atom is -0.439 e. The zero-order valence-electron chi connectivity index (χ0n) is 9.81. The second-order valence-electron chi connectivity index (χ2n) is 3.72. The molecule has 0 saturated heterocycles. The molecule has 1 aromatic carbocycles. The Balaban J connectivity index is 2.23. The van der Waals surface area contributed by atoms with Crippen molar-refractivity contribution in [3.63, 3.8) is 0 Å². The molecule has 2 rings (SSSR count). The maximum absolute atomic E-state index is 10.6. The van der Waals surface area contributed by atoms with E-state index in [9.17, 15) is 10.1 Å². The fourth-order valence-electron chi connectivity index (χ4n) is 1.49. The molecule has 1 aromatic heterocycles. The van der Waals surface area contributed by atoms with Crippen LogP contribution in [0.4, 0.5) is 11.5 Å². The van der Waals surface area contributed by atoms with E-state index in [4.69, 9.17) is 15.6 Å². The van der Waals surface area contributed by atoms with Gasteiger partial charge in [-0.15, -0.1) is 0 Å². The number of nitrogens with zero attached hydrogens (tertiary/aromatic N) is 2. The lowest BCUT2D eigenvalue weighted by Gasteiger charge is -2.06. The van der Waals surface area contributed by atoms with Crippen molar-refractivity contribution < 1.29 is 14.8 Å². The van der Waals surface area contributed by atoms with Crippen molar-refractivity contribution in [3.8, 4) is 11.6 Å². The first kappa shape index (κ1) is 12.8. The van der Waals surface area contributed by atoms with Gasteiger partial charge in [-0.1, -0.05) is 12.1 Å². The largest absolute Gasteiger partial charge is 0.439 e. The number of aliphatic hydroxyl groups is 1. The highest BCUT2D eigenvalue weighted by Gasteiger charge is 2.13. The van der Waals surface area contributed by atoms with Crippen LogP contribution in [-0.4, -0.2) is 15.0 Å². The third-order valence-corrected chi connectivity index (χ3v) is 2.38. The highest BCUT2D eigenvalue weighted by atomic mass is 16.6. The molecule has 7 nitrogen and oxygen atoms in total. The maximum atomic E-state index is 10.6. The highest BCUT2D eigenvalue weighted by Crippen LogP contribution is 2.26. The summed E-state index contributed by atoms with van der Waals surface area (Å²) in [5.74, 6) is 0.409. The molecule has 0 spiro atoms. The van der Waals surface area contributed by atoms with E-state index in [1.54, 1.807) is 24.3 Å². The van der Waals surface area contributed by atoms with Crippen molar-refractivity contribution in [1.82, 2.24) is 4.98 Å². The van der Waals surface area contributed by atoms with Gasteiger partial charge in [0.15, 0.2) is 0 Å². The van der Waals surface area contributed by atoms with Crippen LogP contribution in [0, 0.1) is 10.1 Å². The molecule has 0 aliphatic rings. The van der Waals surface area contributed by atoms with E-state index in [2.05, 4.69) is 4.98 Å². The average Bonchev–Trinajstić information content (AvgIpc) is 2.38. The van der Waals surface area contributed by atoms with Crippen LogP contribution in [-0.2, 0) is 6.61 Å². The van der Waals surface area contributed by atoms with Gasteiger partial charge in [0.05, 0.1) is 11.5 Å². The van der Waals surface area contributed by atoms with E-state index in [0.717, 1.165) is 0 Å². The number of hydrogen-bond acceptors (Lipinski definition) is 6. The van der Waals surface area contributed by atoms with Gasteiger partial charge in [0.2, 0.25) is 11.7 Å². The summed E-state index contributed by atoms with van der Waals surface area (Å²) in [4.78, 5) is 13.8. The summed E-state index contributed by atoms with van der Waals surface area (Å²) in [6, 6.07) is 9.37.